The highest BCUT2D eigenvalue weighted by Gasteiger charge is 2.16. The number of hydrogen-bond acceptors (Lipinski definition) is 3. The molecule has 13 heavy (non-hydrogen) atoms. The van der Waals surface area contributed by atoms with Crippen LogP contribution in [0.2, 0.25) is 0 Å². The van der Waals surface area contributed by atoms with Crippen molar-refractivity contribution in [2.24, 2.45) is 0 Å². The third kappa shape index (κ3) is 1.87. The van der Waals surface area contributed by atoms with Gasteiger partial charge in [0.05, 0.1) is 24.4 Å². The van der Waals surface area contributed by atoms with Crippen LogP contribution in [0, 0.1) is 11.3 Å². The lowest BCUT2D eigenvalue weighted by atomic mass is 10.2. The van der Waals surface area contributed by atoms with Gasteiger partial charge >= 0.3 is 0 Å². The van der Waals surface area contributed by atoms with Gasteiger partial charge < -0.3 is 4.74 Å². The van der Waals surface area contributed by atoms with Gasteiger partial charge in [0.2, 0.25) is 0 Å². The fourth-order valence-corrected chi connectivity index (χ4v) is 1.52. The minimum absolute atomic E-state index is 0.284. The predicted octanol–water partition coefficient (Wildman–Crippen LogP) is 0.934. The number of ether oxygens (including phenoxy) is 1. The predicted molar refractivity (Wildman–Crippen MR) is 45.9 cm³/mol. The first-order valence-corrected chi connectivity index (χ1v) is 4.42. The van der Waals surface area contributed by atoms with Crippen molar-refractivity contribution in [1.29, 1.82) is 5.26 Å². The van der Waals surface area contributed by atoms with Gasteiger partial charge in [-0.3, -0.25) is 4.68 Å². The maximum atomic E-state index is 8.58. The molecule has 68 valence electrons. The Bertz CT molecular complexity index is 320. The number of rotatable bonds is 2. The minimum Gasteiger partial charge on any atom is -0.376 e. The summed E-state index contributed by atoms with van der Waals surface area (Å²) in [5.74, 6) is 0. The van der Waals surface area contributed by atoms with Crippen LogP contribution in [0.3, 0.4) is 0 Å². The van der Waals surface area contributed by atoms with Crippen LogP contribution in [0.5, 0.6) is 0 Å². The summed E-state index contributed by atoms with van der Waals surface area (Å²) in [7, 11) is 0. The molecule has 0 radical (unpaired) electrons. The van der Waals surface area contributed by atoms with E-state index < -0.39 is 0 Å². The van der Waals surface area contributed by atoms with E-state index in [0.29, 0.717) is 5.56 Å². The maximum absolute atomic E-state index is 8.58. The quantitative estimate of drug-likeness (QED) is 0.675. The lowest BCUT2D eigenvalue weighted by molar-refractivity contribution is 0.0940. The topological polar surface area (TPSA) is 50.8 Å². The van der Waals surface area contributed by atoms with Crippen LogP contribution >= 0.6 is 0 Å². The lowest BCUT2D eigenvalue weighted by Crippen LogP contribution is -2.14. The van der Waals surface area contributed by atoms with Crippen LogP contribution in [-0.2, 0) is 11.3 Å². The average Bonchev–Trinajstić information content (AvgIpc) is 2.76. The Labute approximate surface area is 76.7 Å². The van der Waals surface area contributed by atoms with Gasteiger partial charge in [-0.25, -0.2) is 0 Å². The second kappa shape index (κ2) is 3.58. The SMILES string of the molecule is N#Cc1cnn(CC2CCCO2)c1. The highest BCUT2D eigenvalue weighted by Crippen LogP contribution is 2.13. The summed E-state index contributed by atoms with van der Waals surface area (Å²) in [4.78, 5) is 0. The Morgan fingerprint density at radius 3 is 3.31 bits per heavy atom. The highest BCUT2D eigenvalue weighted by atomic mass is 16.5. The largest absolute Gasteiger partial charge is 0.376 e. The van der Waals surface area contributed by atoms with Gasteiger partial charge in [0.15, 0.2) is 0 Å². The summed E-state index contributed by atoms with van der Waals surface area (Å²) in [5, 5.41) is 12.6. The van der Waals surface area contributed by atoms with E-state index in [0.717, 1.165) is 26.0 Å². The molecule has 0 aliphatic carbocycles. The van der Waals surface area contributed by atoms with E-state index in [1.54, 1.807) is 17.1 Å². The van der Waals surface area contributed by atoms with Gasteiger partial charge in [-0.1, -0.05) is 0 Å². The van der Waals surface area contributed by atoms with Crippen LogP contribution in [0.4, 0.5) is 0 Å². The van der Waals surface area contributed by atoms with Crippen LogP contribution in [0.15, 0.2) is 12.4 Å². The molecule has 4 heteroatoms. The molecule has 1 aromatic heterocycles. The van der Waals surface area contributed by atoms with E-state index in [2.05, 4.69) is 5.10 Å². The molecule has 1 unspecified atom stereocenters. The zero-order valence-electron chi connectivity index (χ0n) is 7.31. The number of nitriles is 1. The van der Waals surface area contributed by atoms with Crippen molar-refractivity contribution in [3.8, 4) is 6.07 Å². The third-order valence-corrected chi connectivity index (χ3v) is 2.18. The van der Waals surface area contributed by atoms with Crippen LogP contribution in [0.1, 0.15) is 18.4 Å². The monoisotopic (exact) mass is 177 g/mol. The Morgan fingerprint density at radius 1 is 1.77 bits per heavy atom. The fourth-order valence-electron chi connectivity index (χ4n) is 1.52. The number of hydrogen-bond donors (Lipinski definition) is 0. The molecule has 0 spiro atoms. The Kier molecular flexibility index (Phi) is 2.28. The Hall–Kier alpha value is -1.34. The van der Waals surface area contributed by atoms with Crippen LogP contribution in [-0.4, -0.2) is 22.5 Å². The van der Waals surface area contributed by atoms with Crippen molar-refractivity contribution >= 4 is 0 Å². The summed E-state index contributed by atoms with van der Waals surface area (Å²) >= 11 is 0. The van der Waals surface area contributed by atoms with Gasteiger partial charge in [-0.05, 0) is 12.8 Å². The van der Waals surface area contributed by atoms with E-state index >= 15 is 0 Å². The maximum Gasteiger partial charge on any atom is 0.102 e. The fraction of sp³-hybridized carbons (Fsp3) is 0.556. The molecule has 0 aromatic carbocycles. The van der Waals surface area contributed by atoms with Crippen LogP contribution < -0.4 is 0 Å². The summed E-state index contributed by atoms with van der Waals surface area (Å²) in [5.41, 5.74) is 0.609. The van der Waals surface area contributed by atoms with Crippen molar-refractivity contribution in [3.63, 3.8) is 0 Å². The van der Waals surface area contributed by atoms with Crippen molar-refractivity contribution in [2.45, 2.75) is 25.5 Å². The minimum atomic E-state index is 0.284. The molecule has 2 heterocycles. The normalized spacial score (nSPS) is 21.6. The van der Waals surface area contributed by atoms with Crippen molar-refractivity contribution in [3.05, 3.63) is 18.0 Å². The van der Waals surface area contributed by atoms with E-state index in [-0.39, 0.29) is 6.10 Å². The molecule has 0 N–H and O–H groups in total. The second-order valence-electron chi connectivity index (χ2n) is 3.20. The second-order valence-corrected chi connectivity index (χ2v) is 3.20. The molecule has 1 aliphatic rings. The average molecular weight is 177 g/mol. The van der Waals surface area contributed by atoms with Crippen LogP contribution in [0.25, 0.3) is 0 Å². The van der Waals surface area contributed by atoms with Crippen molar-refractivity contribution < 1.29 is 4.74 Å². The van der Waals surface area contributed by atoms with Gasteiger partial charge in [0.1, 0.15) is 6.07 Å². The molecule has 1 fully saturated rings. The molecule has 1 aliphatic heterocycles. The van der Waals surface area contributed by atoms with Crippen molar-refractivity contribution in [2.75, 3.05) is 6.61 Å². The highest BCUT2D eigenvalue weighted by molar-refractivity contribution is 5.21. The molecule has 0 bridgehead atoms. The third-order valence-electron chi connectivity index (χ3n) is 2.18. The van der Waals surface area contributed by atoms with E-state index in [9.17, 15) is 0 Å². The molecular formula is C9H11N3O. The Balaban J connectivity index is 1.97. The van der Waals surface area contributed by atoms with E-state index in [1.165, 1.54) is 0 Å². The first kappa shape index (κ1) is 8.27. The van der Waals surface area contributed by atoms with Crippen molar-refractivity contribution in [1.82, 2.24) is 9.78 Å². The summed E-state index contributed by atoms with van der Waals surface area (Å²) in [6, 6.07) is 2.05. The smallest absolute Gasteiger partial charge is 0.102 e. The Morgan fingerprint density at radius 2 is 2.69 bits per heavy atom. The van der Waals surface area contributed by atoms with Gasteiger partial charge in [0, 0.05) is 12.8 Å². The standard InChI is InChI=1S/C9H11N3O/c10-4-8-5-11-12(6-8)7-9-2-1-3-13-9/h5-6,9H,1-3,7H2. The molecule has 1 atom stereocenters. The first-order valence-electron chi connectivity index (χ1n) is 4.42. The zero-order valence-corrected chi connectivity index (χ0v) is 7.31. The zero-order chi connectivity index (χ0) is 9.10. The van der Waals surface area contributed by atoms with E-state index in [4.69, 9.17) is 10.00 Å². The van der Waals surface area contributed by atoms with E-state index in [1.807, 2.05) is 6.07 Å². The summed E-state index contributed by atoms with van der Waals surface area (Å²) < 4.78 is 7.23. The number of aromatic nitrogens is 2. The molecule has 1 aromatic rings. The molecule has 0 amide bonds. The molecule has 4 nitrogen and oxygen atoms in total. The number of nitrogens with zero attached hydrogens (tertiary/aromatic N) is 3. The van der Waals surface area contributed by atoms with Gasteiger partial charge in [-0.2, -0.15) is 10.4 Å². The first-order chi connectivity index (χ1) is 6.38. The molecular weight excluding hydrogens is 166 g/mol. The molecule has 1 saturated heterocycles. The summed E-state index contributed by atoms with van der Waals surface area (Å²) in [6.07, 6.45) is 5.85. The summed E-state index contributed by atoms with van der Waals surface area (Å²) in [6.45, 7) is 1.62. The van der Waals surface area contributed by atoms with Gasteiger partial charge in [0.25, 0.3) is 0 Å². The molecule has 2 rings (SSSR count). The molecule has 0 saturated carbocycles. The van der Waals surface area contributed by atoms with Gasteiger partial charge in [-0.15, -0.1) is 0 Å². The lowest BCUT2D eigenvalue weighted by Gasteiger charge is -2.08.